The molecule has 0 bridgehead atoms. The van der Waals surface area contributed by atoms with Crippen LogP contribution in [0.4, 0.5) is 0 Å². The summed E-state index contributed by atoms with van der Waals surface area (Å²) in [5.41, 5.74) is 5.31. The van der Waals surface area contributed by atoms with E-state index in [-0.39, 0.29) is 0 Å². The third kappa shape index (κ3) is 2.70. The molecule has 1 aliphatic heterocycles. The molecule has 0 fully saturated rings. The van der Waals surface area contributed by atoms with Crippen LogP contribution in [0.5, 0.6) is 0 Å². The van der Waals surface area contributed by atoms with Crippen LogP contribution in [0, 0.1) is 13.8 Å². The van der Waals surface area contributed by atoms with Crippen LogP contribution in [0.25, 0.3) is 16.5 Å². The number of benzene rings is 1. The van der Waals surface area contributed by atoms with E-state index < -0.39 is 0 Å². The minimum Gasteiger partial charge on any atom is -0.445 e. The van der Waals surface area contributed by atoms with Gasteiger partial charge < -0.3 is 9.40 Å². The smallest absolute Gasteiger partial charge is 0.208 e. The number of nitrogens with one attached hydrogen (secondary N) is 1. The standard InChI is InChI=1S/C19H21N3O/c1-13-11-20-18(23-13)12-22-9-7-15(8-10-22)19-14(2)21-17-6-4-3-5-16(17)19/h3-7,11,21H,8-10,12H2,1-2H3. The van der Waals surface area contributed by atoms with E-state index in [0.29, 0.717) is 0 Å². The summed E-state index contributed by atoms with van der Waals surface area (Å²) in [6.07, 6.45) is 5.19. The molecule has 4 rings (SSSR count). The zero-order valence-corrected chi connectivity index (χ0v) is 13.6. The predicted molar refractivity (Wildman–Crippen MR) is 92.1 cm³/mol. The fourth-order valence-electron chi connectivity index (χ4n) is 3.44. The van der Waals surface area contributed by atoms with Crippen molar-refractivity contribution in [3.63, 3.8) is 0 Å². The van der Waals surface area contributed by atoms with Gasteiger partial charge in [0.25, 0.3) is 0 Å². The minimum absolute atomic E-state index is 0.782. The molecule has 0 unspecified atom stereocenters. The van der Waals surface area contributed by atoms with Crippen molar-refractivity contribution in [1.82, 2.24) is 14.9 Å². The van der Waals surface area contributed by atoms with Crippen molar-refractivity contribution < 1.29 is 4.42 Å². The highest BCUT2D eigenvalue weighted by Gasteiger charge is 2.18. The molecule has 0 saturated heterocycles. The molecule has 3 aromatic rings. The molecular weight excluding hydrogens is 286 g/mol. The highest BCUT2D eigenvalue weighted by Crippen LogP contribution is 2.32. The van der Waals surface area contributed by atoms with E-state index >= 15 is 0 Å². The quantitative estimate of drug-likeness (QED) is 0.793. The molecule has 1 aromatic carbocycles. The van der Waals surface area contributed by atoms with Crippen LogP contribution >= 0.6 is 0 Å². The number of H-pyrrole nitrogens is 1. The molecule has 2 aromatic heterocycles. The van der Waals surface area contributed by atoms with Crippen molar-refractivity contribution in [2.24, 2.45) is 0 Å². The summed E-state index contributed by atoms with van der Waals surface area (Å²) in [7, 11) is 0. The normalized spacial score (nSPS) is 16.0. The summed E-state index contributed by atoms with van der Waals surface area (Å²) >= 11 is 0. The first-order valence-corrected chi connectivity index (χ1v) is 8.11. The summed E-state index contributed by atoms with van der Waals surface area (Å²) < 4.78 is 5.58. The van der Waals surface area contributed by atoms with E-state index in [9.17, 15) is 0 Å². The zero-order valence-electron chi connectivity index (χ0n) is 13.6. The zero-order chi connectivity index (χ0) is 15.8. The van der Waals surface area contributed by atoms with Gasteiger partial charge in [0.1, 0.15) is 5.76 Å². The topological polar surface area (TPSA) is 45.1 Å². The van der Waals surface area contributed by atoms with Crippen molar-refractivity contribution >= 4 is 16.5 Å². The fraction of sp³-hybridized carbons (Fsp3) is 0.316. The van der Waals surface area contributed by atoms with Crippen molar-refractivity contribution in [2.75, 3.05) is 13.1 Å². The second kappa shape index (κ2) is 5.70. The van der Waals surface area contributed by atoms with Gasteiger partial charge in [-0.05, 0) is 31.9 Å². The summed E-state index contributed by atoms with van der Waals surface area (Å²) in [6.45, 7) is 6.86. The number of hydrogen-bond donors (Lipinski definition) is 1. The lowest BCUT2D eigenvalue weighted by molar-refractivity contribution is 0.260. The van der Waals surface area contributed by atoms with Gasteiger partial charge in [-0.25, -0.2) is 4.98 Å². The summed E-state index contributed by atoms with van der Waals surface area (Å²) in [5.74, 6) is 1.69. The first-order valence-electron chi connectivity index (χ1n) is 8.11. The van der Waals surface area contributed by atoms with Crippen LogP contribution < -0.4 is 0 Å². The Bertz CT molecular complexity index is 872. The van der Waals surface area contributed by atoms with Crippen LogP contribution in [0.2, 0.25) is 0 Å². The maximum Gasteiger partial charge on any atom is 0.208 e. The van der Waals surface area contributed by atoms with Gasteiger partial charge in [-0.1, -0.05) is 24.3 Å². The number of nitrogens with zero attached hydrogens (tertiary/aromatic N) is 2. The average molecular weight is 307 g/mol. The molecule has 0 amide bonds. The fourth-order valence-corrected chi connectivity index (χ4v) is 3.44. The van der Waals surface area contributed by atoms with Gasteiger partial charge in [0.15, 0.2) is 0 Å². The molecule has 0 aliphatic carbocycles. The first-order chi connectivity index (χ1) is 11.2. The maximum absolute atomic E-state index is 5.58. The highest BCUT2D eigenvalue weighted by atomic mass is 16.4. The summed E-state index contributed by atoms with van der Waals surface area (Å²) in [4.78, 5) is 10.2. The Kier molecular flexibility index (Phi) is 3.54. The van der Waals surface area contributed by atoms with Crippen molar-refractivity contribution in [3.05, 3.63) is 59.4 Å². The summed E-state index contributed by atoms with van der Waals surface area (Å²) in [6, 6.07) is 8.54. The third-order valence-electron chi connectivity index (χ3n) is 4.54. The Labute approximate surface area is 135 Å². The van der Waals surface area contributed by atoms with Gasteiger partial charge in [-0.2, -0.15) is 0 Å². The molecule has 1 aliphatic rings. The monoisotopic (exact) mass is 307 g/mol. The Balaban J connectivity index is 1.56. The van der Waals surface area contributed by atoms with E-state index in [4.69, 9.17) is 4.42 Å². The number of hydrogen-bond acceptors (Lipinski definition) is 3. The van der Waals surface area contributed by atoms with Crippen molar-refractivity contribution in [1.29, 1.82) is 0 Å². The van der Waals surface area contributed by atoms with Gasteiger partial charge in [0.2, 0.25) is 5.89 Å². The molecule has 118 valence electrons. The molecule has 0 spiro atoms. The van der Waals surface area contributed by atoms with Crippen LogP contribution in [0.3, 0.4) is 0 Å². The van der Waals surface area contributed by atoms with Gasteiger partial charge in [0.05, 0.1) is 12.7 Å². The molecule has 4 nitrogen and oxygen atoms in total. The van der Waals surface area contributed by atoms with E-state index in [1.807, 2.05) is 6.92 Å². The lowest BCUT2D eigenvalue weighted by Crippen LogP contribution is -2.28. The average Bonchev–Trinajstić information content (AvgIpc) is 3.10. The largest absolute Gasteiger partial charge is 0.445 e. The van der Waals surface area contributed by atoms with Crippen molar-refractivity contribution in [2.45, 2.75) is 26.8 Å². The maximum atomic E-state index is 5.58. The SMILES string of the molecule is Cc1cnc(CN2CC=C(c3c(C)[nH]c4ccccc34)CC2)o1. The number of aromatic amines is 1. The van der Waals surface area contributed by atoms with Crippen LogP contribution in [-0.4, -0.2) is 28.0 Å². The Morgan fingerprint density at radius 1 is 1.26 bits per heavy atom. The molecule has 3 heterocycles. The second-order valence-corrected chi connectivity index (χ2v) is 6.25. The van der Waals surface area contributed by atoms with E-state index in [1.54, 1.807) is 6.20 Å². The number of aromatic nitrogens is 2. The molecule has 4 heteroatoms. The molecule has 0 saturated carbocycles. The first kappa shape index (κ1) is 14.3. The Morgan fingerprint density at radius 2 is 2.13 bits per heavy atom. The number of rotatable bonds is 3. The lowest BCUT2D eigenvalue weighted by Gasteiger charge is -2.25. The van der Waals surface area contributed by atoms with E-state index in [0.717, 1.165) is 37.7 Å². The number of aryl methyl sites for hydroxylation is 2. The van der Waals surface area contributed by atoms with Gasteiger partial charge in [-0.15, -0.1) is 0 Å². The van der Waals surface area contributed by atoms with Gasteiger partial charge >= 0.3 is 0 Å². The summed E-state index contributed by atoms with van der Waals surface area (Å²) in [5, 5.41) is 1.33. The highest BCUT2D eigenvalue weighted by molar-refractivity contribution is 5.94. The third-order valence-corrected chi connectivity index (χ3v) is 4.54. The van der Waals surface area contributed by atoms with E-state index in [2.05, 4.69) is 52.1 Å². The van der Waals surface area contributed by atoms with Crippen LogP contribution in [0.15, 0.2) is 41.0 Å². The number of para-hydroxylation sites is 1. The molecule has 1 N–H and O–H groups in total. The molecule has 0 radical (unpaired) electrons. The Morgan fingerprint density at radius 3 is 2.87 bits per heavy atom. The number of oxazole rings is 1. The molecule has 0 atom stereocenters. The van der Waals surface area contributed by atoms with Crippen LogP contribution in [-0.2, 0) is 6.54 Å². The van der Waals surface area contributed by atoms with Gasteiger partial charge in [-0.3, -0.25) is 4.90 Å². The van der Waals surface area contributed by atoms with Crippen LogP contribution in [0.1, 0.15) is 29.3 Å². The second-order valence-electron chi connectivity index (χ2n) is 6.25. The lowest BCUT2D eigenvalue weighted by atomic mass is 9.97. The van der Waals surface area contributed by atoms with E-state index in [1.165, 1.54) is 27.7 Å². The molecular formula is C19H21N3O. The Hall–Kier alpha value is -2.33. The van der Waals surface area contributed by atoms with Gasteiger partial charge in [0, 0.05) is 35.2 Å². The minimum atomic E-state index is 0.782. The number of fused-ring (bicyclic) bond motifs is 1. The van der Waals surface area contributed by atoms with Crippen molar-refractivity contribution in [3.8, 4) is 0 Å². The predicted octanol–water partition coefficient (Wildman–Crippen LogP) is 4.06. The molecule has 23 heavy (non-hydrogen) atoms.